The van der Waals surface area contributed by atoms with Gasteiger partial charge in [0, 0.05) is 29.6 Å². The summed E-state index contributed by atoms with van der Waals surface area (Å²) in [7, 11) is 0. The molecule has 0 saturated carbocycles. The first-order valence-electron chi connectivity index (χ1n) is 12.4. The number of esters is 1. The van der Waals surface area contributed by atoms with E-state index in [0.29, 0.717) is 10.7 Å². The van der Waals surface area contributed by atoms with Crippen molar-refractivity contribution >= 4 is 52.0 Å². The van der Waals surface area contributed by atoms with Gasteiger partial charge in [-0.25, -0.2) is 0 Å². The Hall–Kier alpha value is -2.33. The molecule has 0 aliphatic carbocycles. The van der Waals surface area contributed by atoms with E-state index < -0.39 is 10.9 Å². The van der Waals surface area contributed by atoms with Crippen LogP contribution in [0.2, 0.25) is 0 Å². The highest BCUT2D eigenvalue weighted by atomic mass is 32.2. The van der Waals surface area contributed by atoms with E-state index in [1.807, 2.05) is 6.92 Å². The van der Waals surface area contributed by atoms with Gasteiger partial charge >= 0.3 is 5.97 Å². The molecular weight excluding hydrogens is 496 g/mol. The lowest BCUT2D eigenvalue weighted by molar-refractivity contribution is -0.154. The number of amides is 2. The minimum Gasteiger partial charge on any atom is -0.460 e. The largest absolute Gasteiger partial charge is 0.460 e. The Bertz CT molecular complexity index is 944. The van der Waals surface area contributed by atoms with Crippen molar-refractivity contribution in [3.8, 4) is 0 Å². The number of carbonyl (C=O) groups excluding carboxylic acids is 3. The van der Waals surface area contributed by atoms with Crippen LogP contribution < -0.4 is 5.32 Å². The van der Waals surface area contributed by atoms with Crippen LogP contribution in [-0.4, -0.2) is 63.4 Å². The molecule has 0 bridgehead atoms. The number of thioether (sulfide) groups is 2. The van der Waals surface area contributed by atoms with Crippen molar-refractivity contribution in [2.75, 3.05) is 13.1 Å². The van der Waals surface area contributed by atoms with Gasteiger partial charge in [-0.05, 0) is 58.4 Å². The van der Waals surface area contributed by atoms with Gasteiger partial charge in [-0.1, -0.05) is 49.7 Å². The van der Waals surface area contributed by atoms with E-state index in [9.17, 15) is 14.4 Å². The summed E-state index contributed by atoms with van der Waals surface area (Å²) in [5, 5.41) is 10.1. The third kappa shape index (κ3) is 9.61. The first-order chi connectivity index (χ1) is 17.1. The minimum atomic E-state index is -0.563. The molecule has 1 aromatic rings. The van der Waals surface area contributed by atoms with E-state index in [4.69, 9.17) is 10.1 Å². The first kappa shape index (κ1) is 29.9. The number of hydrogen-bond acceptors (Lipinski definition) is 7. The molecule has 0 radical (unpaired) electrons. The maximum absolute atomic E-state index is 13.0. The fourth-order valence-electron chi connectivity index (χ4n) is 3.67. The Morgan fingerprint density at radius 3 is 2.50 bits per heavy atom. The van der Waals surface area contributed by atoms with E-state index in [-0.39, 0.29) is 36.8 Å². The lowest BCUT2D eigenvalue weighted by atomic mass is 10.1. The van der Waals surface area contributed by atoms with Gasteiger partial charge in [0.1, 0.15) is 10.9 Å². The topological polar surface area (TPSA) is 112 Å². The highest BCUT2D eigenvalue weighted by molar-refractivity contribution is 8.15. The molecule has 2 unspecified atom stereocenters. The molecule has 2 rings (SSSR count). The highest BCUT2D eigenvalue weighted by Crippen LogP contribution is 2.33. The van der Waals surface area contributed by atoms with Crippen LogP contribution in [0.5, 0.6) is 0 Å². The second-order valence-corrected chi connectivity index (χ2v) is 11.7. The van der Waals surface area contributed by atoms with Gasteiger partial charge in [0.25, 0.3) is 5.91 Å². The van der Waals surface area contributed by atoms with Crippen molar-refractivity contribution in [2.24, 2.45) is 4.99 Å². The average molecular weight is 535 g/mol. The van der Waals surface area contributed by atoms with Crippen LogP contribution in [0.3, 0.4) is 0 Å². The van der Waals surface area contributed by atoms with E-state index >= 15 is 0 Å². The van der Waals surface area contributed by atoms with Crippen LogP contribution in [-0.2, 0) is 14.3 Å². The summed E-state index contributed by atoms with van der Waals surface area (Å²) >= 11 is 2.56. The highest BCUT2D eigenvalue weighted by Gasteiger charge is 2.40. The lowest BCUT2D eigenvalue weighted by Gasteiger charge is -2.25. The van der Waals surface area contributed by atoms with Gasteiger partial charge in [0.15, 0.2) is 5.17 Å². The zero-order valence-electron chi connectivity index (χ0n) is 21.8. The Balaban J connectivity index is 2.09. The lowest BCUT2D eigenvalue weighted by Crippen LogP contribution is -2.43. The number of benzene rings is 1. The predicted molar refractivity (Wildman–Crippen MR) is 148 cm³/mol. The van der Waals surface area contributed by atoms with Crippen molar-refractivity contribution in [2.45, 2.75) is 88.5 Å². The monoisotopic (exact) mass is 534 g/mol. The molecule has 1 aliphatic rings. The Labute approximate surface area is 222 Å². The maximum Gasteiger partial charge on any atom is 0.308 e. The van der Waals surface area contributed by atoms with E-state index in [1.54, 1.807) is 45.0 Å². The molecule has 1 aliphatic heterocycles. The second-order valence-electron chi connectivity index (χ2n) is 9.62. The van der Waals surface area contributed by atoms with Crippen molar-refractivity contribution in [1.82, 2.24) is 10.2 Å². The Morgan fingerprint density at radius 1 is 1.19 bits per heavy atom. The molecule has 2 amide bonds. The fraction of sp³-hybridized carbons (Fsp3) is 0.577. The van der Waals surface area contributed by atoms with Gasteiger partial charge in [0.05, 0.1) is 12.0 Å². The van der Waals surface area contributed by atoms with Crippen molar-refractivity contribution < 1.29 is 19.1 Å². The number of hydrogen-bond donors (Lipinski definition) is 2. The fourth-order valence-corrected chi connectivity index (χ4v) is 5.38. The number of unbranched alkanes of at least 4 members (excludes halogenated alkanes) is 3. The van der Waals surface area contributed by atoms with Crippen LogP contribution in [0.4, 0.5) is 0 Å². The van der Waals surface area contributed by atoms with Gasteiger partial charge in [-0.2, -0.15) is 4.99 Å². The van der Waals surface area contributed by atoms with Crippen LogP contribution in [0.1, 0.15) is 77.1 Å². The normalized spacial score (nSPS) is 18.8. The van der Waals surface area contributed by atoms with Crippen LogP contribution in [0.25, 0.3) is 0 Å². The quantitative estimate of drug-likeness (QED) is 0.126. The number of ether oxygens (including phenoxy) is 1. The van der Waals surface area contributed by atoms with Crippen LogP contribution in [0.15, 0.2) is 34.2 Å². The molecule has 0 spiro atoms. The zero-order chi connectivity index (χ0) is 26.7. The van der Waals surface area contributed by atoms with Crippen LogP contribution >= 0.6 is 23.5 Å². The van der Waals surface area contributed by atoms with Gasteiger partial charge in [-0.15, -0.1) is 0 Å². The summed E-state index contributed by atoms with van der Waals surface area (Å²) in [5.41, 5.74) is 1.14. The van der Waals surface area contributed by atoms with Crippen LogP contribution in [0, 0.1) is 5.41 Å². The molecule has 8 nitrogen and oxygen atoms in total. The molecule has 36 heavy (non-hydrogen) atoms. The number of aliphatic imine (C=N–C) groups is 1. The summed E-state index contributed by atoms with van der Waals surface area (Å²) in [6.07, 6.45) is 4.38. The van der Waals surface area contributed by atoms with Gasteiger partial charge in [-0.3, -0.25) is 14.4 Å². The molecule has 10 heteroatoms. The number of rotatable bonds is 12. The predicted octanol–water partition coefficient (Wildman–Crippen LogP) is 5.12. The summed E-state index contributed by atoms with van der Waals surface area (Å²) in [6, 6.07) is 6.84. The molecule has 1 saturated heterocycles. The Kier molecular flexibility index (Phi) is 12.0. The molecule has 1 heterocycles. The first-order valence-corrected chi connectivity index (χ1v) is 14.1. The molecular formula is C26H38N4O4S2. The summed E-state index contributed by atoms with van der Waals surface area (Å²) < 4.78 is 5.30. The van der Waals surface area contributed by atoms with Crippen molar-refractivity contribution in [3.63, 3.8) is 0 Å². The number of amidine groups is 1. The molecule has 2 atom stereocenters. The van der Waals surface area contributed by atoms with E-state index in [0.717, 1.165) is 37.1 Å². The summed E-state index contributed by atoms with van der Waals surface area (Å²) in [5.74, 6) is -0.897. The summed E-state index contributed by atoms with van der Waals surface area (Å²) in [4.78, 5) is 45.2. The standard InChI is InChI=1S/C26H38N4O4S2/c1-6-7-8-9-16-30-18(2)22(24(33)28-15-14-21(31)34-26(3,4)5)36-25(30)29-23(32)19-10-12-20(13-11-19)35-17-27/h10-13,17-18,22,27H,6-9,14-16H2,1-5H3,(H,28,33). The minimum absolute atomic E-state index is 0.0984. The van der Waals surface area contributed by atoms with E-state index in [2.05, 4.69) is 22.1 Å². The average Bonchev–Trinajstić information content (AvgIpc) is 3.11. The van der Waals surface area contributed by atoms with Gasteiger partial charge < -0.3 is 20.4 Å². The number of nitrogens with zero attached hydrogens (tertiary/aromatic N) is 2. The molecule has 0 aromatic heterocycles. The number of carbonyl (C=O) groups is 3. The molecule has 2 N–H and O–H groups in total. The zero-order valence-corrected chi connectivity index (χ0v) is 23.5. The molecule has 1 aromatic carbocycles. The molecule has 1 fully saturated rings. The van der Waals surface area contributed by atoms with Crippen molar-refractivity contribution in [3.05, 3.63) is 29.8 Å². The van der Waals surface area contributed by atoms with Crippen molar-refractivity contribution in [1.29, 1.82) is 5.41 Å². The van der Waals surface area contributed by atoms with Gasteiger partial charge in [0.2, 0.25) is 5.91 Å². The second kappa shape index (κ2) is 14.4. The summed E-state index contributed by atoms with van der Waals surface area (Å²) in [6.45, 7) is 10.5. The SMILES string of the molecule is CCCCCCN1C(=NC(=O)c2ccc(SC=N)cc2)SC(C(=O)NCCC(=O)OC(C)(C)C)C1C. The maximum atomic E-state index is 13.0. The number of nitrogens with one attached hydrogen (secondary N) is 2. The molecule has 198 valence electrons. The smallest absolute Gasteiger partial charge is 0.308 e. The Morgan fingerprint density at radius 2 is 1.89 bits per heavy atom. The third-order valence-corrected chi connectivity index (χ3v) is 7.52. The third-order valence-electron chi connectivity index (χ3n) is 5.46. The van der Waals surface area contributed by atoms with E-state index in [1.165, 1.54) is 29.1 Å².